The van der Waals surface area contributed by atoms with Crippen LogP contribution in [0.25, 0.3) is 0 Å². The van der Waals surface area contributed by atoms with Crippen LogP contribution in [0, 0.1) is 5.41 Å². The normalized spacial score (nSPS) is 10.8. The van der Waals surface area contributed by atoms with Crippen molar-refractivity contribution in [1.29, 1.82) is 0 Å². The van der Waals surface area contributed by atoms with Crippen LogP contribution in [0.4, 0.5) is 0 Å². The summed E-state index contributed by atoms with van der Waals surface area (Å²) in [6.45, 7) is 8.68. The maximum absolute atomic E-state index is 12.6. The lowest BCUT2D eigenvalue weighted by atomic mass is 9.93. The second-order valence-corrected chi connectivity index (χ2v) is 7.41. The fourth-order valence-corrected chi connectivity index (χ4v) is 2.43. The maximum atomic E-state index is 12.6. The standard InChI is InChI=1S/C19H31N3O4.ClH/c1-13(2)21-17(23)10-26-15-8-7-14(9-16(15)25-6)18(24)22(5)12-19(3,4)11-20;/h7-9,13H,10-12,20H2,1-6H3,(H,21,23);1H. The van der Waals surface area contributed by atoms with Crippen molar-refractivity contribution in [2.75, 3.05) is 33.9 Å². The van der Waals surface area contributed by atoms with Crippen molar-refractivity contribution >= 4 is 24.2 Å². The summed E-state index contributed by atoms with van der Waals surface area (Å²) >= 11 is 0. The van der Waals surface area contributed by atoms with Gasteiger partial charge in [-0.15, -0.1) is 12.4 Å². The van der Waals surface area contributed by atoms with E-state index in [1.165, 1.54) is 7.11 Å². The average molecular weight is 402 g/mol. The molecule has 0 fully saturated rings. The van der Waals surface area contributed by atoms with Gasteiger partial charge in [0.2, 0.25) is 0 Å². The fraction of sp³-hybridized carbons (Fsp3) is 0.579. The van der Waals surface area contributed by atoms with Gasteiger partial charge in [-0.3, -0.25) is 9.59 Å². The second-order valence-electron chi connectivity index (χ2n) is 7.41. The van der Waals surface area contributed by atoms with E-state index >= 15 is 0 Å². The van der Waals surface area contributed by atoms with Gasteiger partial charge in [0.25, 0.3) is 11.8 Å². The zero-order chi connectivity index (χ0) is 19.9. The van der Waals surface area contributed by atoms with Crippen molar-refractivity contribution in [3.05, 3.63) is 23.8 Å². The molecule has 0 unspecified atom stereocenters. The number of ether oxygens (including phenoxy) is 2. The summed E-state index contributed by atoms with van der Waals surface area (Å²) in [7, 11) is 3.23. The quantitative estimate of drug-likeness (QED) is 0.660. The molecule has 0 aliphatic heterocycles. The van der Waals surface area contributed by atoms with Crippen molar-refractivity contribution < 1.29 is 19.1 Å². The number of nitrogens with zero attached hydrogens (tertiary/aromatic N) is 1. The molecule has 2 amide bonds. The highest BCUT2D eigenvalue weighted by molar-refractivity contribution is 5.94. The summed E-state index contributed by atoms with van der Waals surface area (Å²) in [5.41, 5.74) is 6.06. The van der Waals surface area contributed by atoms with Gasteiger partial charge in [-0.25, -0.2) is 0 Å². The molecule has 0 bridgehead atoms. The van der Waals surface area contributed by atoms with Gasteiger partial charge in [-0.05, 0) is 44.0 Å². The Kier molecular flexibility index (Phi) is 10.2. The van der Waals surface area contributed by atoms with E-state index in [4.69, 9.17) is 15.2 Å². The van der Waals surface area contributed by atoms with E-state index in [1.807, 2.05) is 27.7 Å². The number of methoxy groups -OCH3 is 1. The molecule has 27 heavy (non-hydrogen) atoms. The van der Waals surface area contributed by atoms with Gasteiger partial charge in [0.05, 0.1) is 7.11 Å². The average Bonchev–Trinajstić information content (AvgIpc) is 2.58. The molecule has 0 aliphatic carbocycles. The van der Waals surface area contributed by atoms with Gasteiger partial charge >= 0.3 is 0 Å². The first-order valence-electron chi connectivity index (χ1n) is 8.65. The molecule has 0 radical (unpaired) electrons. The molecule has 0 saturated heterocycles. The van der Waals surface area contributed by atoms with Gasteiger partial charge in [0.15, 0.2) is 18.1 Å². The number of benzene rings is 1. The molecule has 0 atom stereocenters. The highest BCUT2D eigenvalue weighted by atomic mass is 35.5. The third kappa shape index (κ3) is 8.05. The highest BCUT2D eigenvalue weighted by Gasteiger charge is 2.22. The van der Waals surface area contributed by atoms with Gasteiger partial charge < -0.3 is 25.4 Å². The number of nitrogens with two attached hydrogens (primary N) is 1. The predicted molar refractivity (Wildman–Crippen MR) is 109 cm³/mol. The lowest BCUT2D eigenvalue weighted by Gasteiger charge is -2.29. The molecule has 154 valence electrons. The van der Waals surface area contributed by atoms with E-state index in [1.54, 1.807) is 30.1 Å². The first-order chi connectivity index (χ1) is 12.1. The molecule has 0 heterocycles. The Morgan fingerprint density at radius 1 is 1.26 bits per heavy atom. The molecule has 8 heteroatoms. The monoisotopic (exact) mass is 401 g/mol. The van der Waals surface area contributed by atoms with Crippen molar-refractivity contribution in [2.45, 2.75) is 33.7 Å². The first-order valence-corrected chi connectivity index (χ1v) is 8.65. The molecule has 1 rings (SSSR count). The molecule has 1 aromatic carbocycles. The number of carbonyl (C=O) groups is 2. The number of hydrogen-bond donors (Lipinski definition) is 2. The maximum Gasteiger partial charge on any atom is 0.258 e. The van der Waals surface area contributed by atoms with Crippen LogP contribution in [0.2, 0.25) is 0 Å². The molecular weight excluding hydrogens is 370 g/mol. The largest absolute Gasteiger partial charge is 0.493 e. The highest BCUT2D eigenvalue weighted by Crippen LogP contribution is 2.28. The van der Waals surface area contributed by atoms with Crippen LogP contribution in [0.3, 0.4) is 0 Å². The van der Waals surface area contributed by atoms with E-state index in [2.05, 4.69) is 5.32 Å². The minimum Gasteiger partial charge on any atom is -0.493 e. The van der Waals surface area contributed by atoms with Crippen LogP contribution in [-0.4, -0.2) is 56.6 Å². The summed E-state index contributed by atoms with van der Waals surface area (Å²) < 4.78 is 10.8. The number of rotatable bonds is 9. The molecule has 0 aromatic heterocycles. The summed E-state index contributed by atoms with van der Waals surface area (Å²) in [6, 6.07) is 4.95. The van der Waals surface area contributed by atoms with E-state index in [0.717, 1.165) is 0 Å². The van der Waals surface area contributed by atoms with Crippen LogP contribution in [0.1, 0.15) is 38.1 Å². The molecule has 3 N–H and O–H groups in total. The van der Waals surface area contributed by atoms with Gasteiger partial charge in [-0.2, -0.15) is 0 Å². The third-order valence-corrected chi connectivity index (χ3v) is 3.78. The topological polar surface area (TPSA) is 93.9 Å². The van der Waals surface area contributed by atoms with Crippen LogP contribution in [-0.2, 0) is 4.79 Å². The molecule has 7 nitrogen and oxygen atoms in total. The van der Waals surface area contributed by atoms with Crippen molar-refractivity contribution in [3.63, 3.8) is 0 Å². The lowest BCUT2D eigenvalue weighted by molar-refractivity contribution is -0.123. The van der Waals surface area contributed by atoms with E-state index < -0.39 is 0 Å². The minimum absolute atomic E-state index is 0. The van der Waals surface area contributed by atoms with Gasteiger partial charge in [0.1, 0.15) is 0 Å². The van der Waals surface area contributed by atoms with Crippen molar-refractivity contribution in [2.24, 2.45) is 11.1 Å². The summed E-state index contributed by atoms with van der Waals surface area (Å²) in [5, 5.41) is 2.75. The zero-order valence-corrected chi connectivity index (χ0v) is 17.8. The first kappa shape index (κ1) is 25.0. The Hall–Kier alpha value is -1.99. The summed E-state index contributed by atoms with van der Waals surface area (Å²) in [6.07, 6.45) is 0. The Morgan fingerprint density at radius 3 is 2.41 bits per heavy atom. The number of halogens is 1. The van der Waals surface area contributed by atoms with E-state index in [0.29, 0.717) is 30.2 Å². The SMILES string of the molecule is COc1cc(C(=O)N(C)CC(C)(C)CN)ccc1OCC(=O)NC(C)C.Cl. The van der Waals surface area contributed by atoms with Crippen LogP contribution >= 0.6 is 12.4 Å². The predicted octanol–water partition coefficient (Wildman–Crippen LogP) is 2.08. The summed E-state index contributed by atoms with van der Waals surface area (Å²) in [5.74, 6) is 0.465. The second kappa shape index (κ2) is 11.0. The Bertz CT molecular complexity index is 635. The lowest BCUT2D eigenvalue weighted by Crippen LogP contribution is -2.39. The van der Waals surface area contributed by atoms with Crippen LogP contribution < -0.4 is 20.5 Å². The summed E-state index contributed by atoms with van der Waals surface area (Å²) in [4.78, 5) is 26.0. The molecule has 0 saturated carbocycles. The molecular formula is C19H32ClN3O4. The molecule has 1 aromatic rings. The smallest absolute Gasteiger partial charge is 0.258 e. The van der Waals surface area contributed by atoms with Gasteiger partial charge in [0, 0.05) is 25.2 Å². The molecule has 0 spiro atoms. The minimum atomic E-state index is -0.217. The van der Waals surface area contributed by atoms with Crippen molar-refractivity contribution in [1.82, 2.24) is 10.2 Å². The van der Waals surface area contributed by atoms with Crippen LogP contribution in [0.15, 0.2) is 18.2 Å². The number of carbonyl (C=O) groups excluding carboxylic acids is 2. The van der Waals surface area contributed by atoms with E-state index in [-0.39, 0.29) is 42.3 Å². The third-order valence-electron chi connectivity index (χ3n) is 3.78. The Balaban J connectivity index is 0.00000676. The van der Waals surface area contributed by atoms with Gasteiger partial charge in [-0.1, -0.05) is 13.8 Å². The Morgan fingerprint density at radius 2 is 1.89 bits per heavy atom. The van der Waals surface area contributed by atoms with Crippen molar-refractivity contribution in [3.8, 4) is 11.5 Å². The zero-order valence-electron chi connectivity index (χ0n) is 17.0. The molecule has 0 aliphatic rings. The fourth-order valence-electron chi connectivity index (χ4n) is 2.43. The Labute approximate surface area is 168 Å². The number of nitrogens with one attached hydrogen (secondary N) is 1. The number of amides is 2. The number of hydrogen-bond acceptors (Lipinski definition) is 5. The van der Waals surface area contributed by atoms with Crippen LogP contribution in [0.5, 0.6) is 11.5 Å². The van der Waals surface area contributed by atoms with E-state index in [9.17, 15) is 9.59 Å².